The standard InChI is InChI=1S/C16H17F2N3O3S/c1-10(25-12(3)23)16(24-11(2)22,7-21-9-19-8-20-21)14-5-4-13(17)6-15(14)18/h4-6,8-10H,7H2,1-3H3/t10-,16-/m1/s1. The Kier molecular flexibility index (Phi) is 5.89. The van der Waals surface area contributed by atoms with E-state index in [0.29, 0.717) is 6.07 Å². The average molecular weight is 369 g/mol. The predicted molar refractivity (Wildman–Crippen MR) is 87.6 cm³/mol. The maximum absolute atomic E-state index is 14.6. The highest BCUT2D eigenvalue weighted by Crippen LogP contribution is 2.40. The molecule has 1 aromatic carbocycles. The number of hydrogen-bond acceptors (Lipinski definition) is 6. The third kappa shape index (κ3) is 4.41. The molecule has 0 saturated heterocycles. The fourth-order valence-corrected chi connectivity index (χ4v) is 3.53. The minimum absolute atomic E-state index is 0.0409. The molecule has 6 nitrogen and oxygen atoms in total. The minimum atomic E-state index is -1.58. The van der Waals surface area contributed by atoms with Crippen LogP contribution >= 0.6 is 11.8 Å². The number of hydrogen-bond donors (Lipinski definition) is 0. The van der Waals surface area contributed by atoms with E-state index in [4.69, 9.17) is 4.74 Å². The van der Waals surface area contributed by atoms with Crippen LogP contribution in [-0.4, -0.2) is 31.1 Å². The summed E-state index contributed by atoms with van der Waals surface area (Å²) >= 11 is 0.895. The molecule has 0 amide bonds. The van der Waals surface area contributed by atoms with Crippen molar-refractivity contribution < 1.29 is 23.1 Å². The Hall–Kier alpha value is -2.29. The molecule has 0 fully saturated rings. The molecule has 0 aliphatic carbocycles. The van der Waals surface area contributed by atoms with Crippen molar-refractivity contribution in [1.82, 2.24) is 14.8 Å². The number of carbonyl (C=O) groups is 2. The molecular weight excluding hydrogens is 352 g/mol. The van der Waals surface area contributed by atoms with Gasteiger partial charge >= 0.3 is 5.97 Å². The Labute approximate surface area is 147 Å². The van der Waals surface area contributed by atoms with Gasteiger partial charge < -0.3 is 4.74 Å². The summed E-state index contributed by atoms with van der Waals surface area (Å²) in [5.74, 6) is -2.30. The normalized spacial score (nSPS) is 14.6. The van der Waals surface area contributed by atoms with E-state index in [9.17, 15) is 18.4 Å². The molecular formula is C16H17F2N3O3S. The Morgan fingerprint density at radius 1 is 1.36 bits per heavy atom. The number of nitrogens with zero attached hydrogens (tertiary/aromatic N) is 3. The van der Waals surface area contributed by atoms with Gasteiger partial charge in [-0.25, -0.2) is 18.4 Å². The first-order valence-corrected chi connectivity index (χ1v) is 8.27. The molecule has 0 bridgehead atoms. The number of aromatic nitrogens is 3. The van der Waals surface area contributed by atoms with Crippen LogP contribution in [-0.2, 0) is 26.5 Å². The van der Waals surface area contributed by atoms with Gasteiger partial charge in [-0.2, -0.15) is 5.10 Å². The zero-order valence-electron chi connectivity index (χ0n) is 13.9. The molecule has 0 unspecified atom stereocenters. The van der Waals surface area contributed by atoms with Gasteiger partial charge in [-0.15, -0.1) is 0 Å². The van der Waals surface area contributed by atoms with Gasteiger partial charge in [-0.1, -0.05) is 11.8 Å². The van der Waals surface area contributed by atoms with Gasteiger partial charge in [-0.05, 0) is 19.1 Å². The molecule has 0 N–H and O–H groups in total. The van der Waals surface area contributed by atoms with Crippen molar-refractivity contribution >= 4 is 22.8 Å². The Balaban J connectivity index is 2.63. The number of benzene rings is 1. The van der Waals surface area contributed by atoms with Crippen LogP contribution in [0.15, 0.2) is 30.9 Å². The molecule has 134 valence electrons. The summed E-state index contributed by atoms with van der Waals surface area (Å²) in [4.78, 5) is 27.2. The number of esters is 1. The maximum Gasteiger partial charge on any atom is 0.303 e. The third-order valence-electron chi connectivity index (χ3n) is 3.58. The summed E-state index contributed by atoms with van der Waals surface area (Å²) in [6.45, 7) is 4.09. The lowest BCUT2D eigenvalue weighted by atomic mass is 9.89. The highest BCUT2D eigenvalue weighted by atomic mass is 32.2. The highest BCUT2D eigenvalue weighted by Gasteiger charge is 2.45. The smallest absolute Gasteiger partial charge is 0.303 e. The SMILES string of the molecule is CC(=O)O[C@@](Cn1cncn1)(c1ccc(F)cc1F)[C@@H](C)SC(C)=O. The first-order valence-electron chi connectivity index (χ1n) is 7.39. The molecule has 2 atom stereocenters. The topological polar surface area (TPSA) is 74.1 Å². The van der Waals surface area contributed by atoms with E-state index < -0.39 is 28.5 Å². The van der Waals surface area contributed by atoms with Gasteiger partial charge in [0.15, 0.2) is 10.7 Å². The summed E-state index contributed by atoms with van der Waals surface area (Å²) in [6, 6.07) is 2.99. The lowest BCUT2D eigenvalue weighted by molar-refractivity contribution is -0.160. The molecule has 2 aromatic rings. The molecule has 0 aliphatic heterocycles. The first kappa shape index (κ1) is 19.0. The van der Waals surface area contributed by atoms with Crippen LogP contribution < -0.4 is 0 Å². The molecule has 0 aliphatic rings. The molecule has 2 rings (SSSR count). The van der Waals surface area contributed by atoms with Crippen LogP contribution in [0, 0.1) is 11.6 Å². The molecule has 1 aromatic heterocycles. The molecule has 9 heteroatoms. The second-order valence-corrected chi connectivity index (χ2v) is 6.97. The van der Waals surface area contributed by atoms with Crippen molar-refractivity contribution in [3.05, 3.63) is 48.1 Å². The van der Waals surface area contributed by atoms with E-state index in [1.807, 2.05) is 0 Å². The van der Waals surface area contributed by atoms with Crippen molar-refractivity contribution in [2.75, 3.05) is 0 Å². The molecule has 25 heavy (non-hydrogen) atoms. The Morgan fingerprint density at radius 2 is 2.08 bits per heavy atom. The lowest BCUT2D eigenvalue weighted by Gasteiger charge is -2.38. The third-order valence-corrected chi connectivity index (χ3v) is 4.64. The molecule has 1 heterocycles. The van der Waals surface area contributed by atoms with Crippen molar-refractivity contribution in [2.24, 2.45) is 0 Å². The number of rotatable bonds is 6. The molecule has 0 radical (unpaired) electrons. The van der Waals surface area contributed by atoms with Crippen LogP contribution in [0.2, 0.25) is 0 Å². The van der Waals surface area contributed by atoms with Crippen LogP contribution in [0.5, 0.6) is 0 Å². The summed E-state index contributed by atoms with van der Waals surface area (Å²) in [5.41, 5.74) is -1.62. The fourth-order valence-electron chi connectivity index (χ4n) is 2.59. The Bertz CT molecular complexity index is 770. The maximum atomic E-state index is 14.6. The fraction of sp³-hybridized carbons (Fsp3) is 0.375. The van der Waals surface area contributed by atoms with E-state index in [1.165, 1.54) is 37.3 Å². The van der Waals surface area contributed by atoms with E-state index in [0.717, 1.165) is 17.8 Å². The van der Waals surface area contributed by atoms with Crippen molar-refractivity contribution in [3.63, 3.8) is 0 Å². The number of thioether (sulfide) groups is 1. The molecule has 0 spiro atoms. The summed E-state index contributed by atoms with van der Waals surface area (Å²) in [6.07, 6.45) is 2.66. The number of carbonyl (C=O) groups excluding carboxylic acids is 2. The van der Waals surface area contributed by atoms with Crippen LogP contribution in [0.25, 0.3) is 0 Å². The van der Waals surface area contributed by atoms with Gasteiger partial charge in [0.05, 0.1) is 11.8 Å². The second-order valence-electron chi connectivity index (χ2n) is 5.45. The zero-order chi connectivity index (χ0) is 18.6. The number of halogens is 2. The lowest BCUT2D eigenvalue weighted by Crippen LogP contribution is -2.45. The summed E-state index contributed by atoms with van der Waals surface area (Å²) in [7, 11) is 0. The minimum Gasteiger partial charge on any atom is -0.451 e. The number of ether oxygens (including phenoxy) is 1. The highest BCUT2D eigenvalue weighted by molar-refractivity contribution is 8.14. The van der Waals surface area contributed by atoms with Gasteiger partial charge in [-0.3, -0.25) is 9.59 Å². The quantitative estimate of drug-likeness (QED) is 0.729. The average Bonchev–Trinajstić information content (AvgIpc) is 2.98. The van der Waals surface area contributed by atoms with Gasteiger partial charge in [0.2, 0.25) is 0 Å². The van der Waals surface area contributed by atoms with Crippen LogP contribution in [0.1, 0.15) is 26.3 Å². The van der Waals surface area contributed by atoms with Crippen molar-refractivity contribution in [3.8, 4) is 0 Å². The van der Waals surface area contributed by atoms with Crippen molar-refractivity contribution in [1.29, 1.82) is 0 Å². The summed E-state index contributed by atoms with van der Waals surface area (Å²) < 4.78 is 34.8. The molecule has 0 saturated carbocycles. The Morgan fingerprint density at radius 3 is 2.60 bits per heavy atom. The van der Waals surface area contributed by atoms with Crippen molar-refractivity contribution in [2.45, 2.75) is 38.2 Å². The second kappa shape index (κ2) is 7.73. The summed E-state index contributed by atoms with van der Waals surface area (Å²) in [5, 5.41) is 3.07. The largest absolute Gasteiger partial charge is 0.451 e. The first-order chi connectivity index (χ1) is 11.7. The van der Waals surface area contributed by atoms with E-state index in [1.54, 1.807) is 6.92 Å². The van der Waals surface area contributed by atoms with Gasteiger partial charge in [0.25, 0.3) is 0 Å². The van der Waals surface area contributed by atoms with Crippen LogP contribution in [0.4, 0.5) is 8.78 Å². The monoisotopic (exact) mass is 369 g/mol. The van der Waals surface area contributed by atoms with Gasteiger partial charge in [0, 0.05) is 25.5 Å². The van der Waals surface area contributed by atoms with Crippen LogP contribution in [0.3, 0.4) is 0 Å². The van der Waals surface area contributed by atoms with Gasteiger partial charge in [0.1, 0.15) is 24.3 Å². The van der Waals surface area contributed by atoms with E-state index in [-0.39, 0.29) is 17.2 Å². The van der Waals surface area contributed by atoms with E-state index >= 15 is 0 Å². The zero-order valence-corrected chi connectivity index (χ0v) is 14.7. The predicted octanol–water partition coefficient (Wildman–Crippen LogP) is 2.68. The van der Waals surface area contributed by atoms with E-state index in [2.05, 4.69) is 10.1 Å².